The maximum Gasteiger partial charge on any atom is 0.243 e. The highest BCUT2D eigenvalue weighted by atomic mass is 32.2. The van der Waals surface area contributed by atoms with Gasteiger partial charge in [-0.3, -0.25) is 5.10 Å². The molecule has 3 aromatic rings. The first-order valence-corrected chi connectivity index (χ1v) is 9.55. The molecular weight excluding hydrogens is 326 g/mol. The lowest BCUT2D eigenvalue weighted by Gasteiger charge is -2.28. The van der Waals surface area contributed by atoms with E-state index in [9.17, 15) is 8.42 Å². The number of nitrogens with one attached hydrogen (secondary N) is 3. The van der Waals surface area contributed by atoms with E-state index in [1.165, 1.54) is 23.3 Å². The Morgan fingerprint density at radius 1 is 1.17 bits per heavy atom. The molecule has 4 rings (SSSR count). The van der Waals surface area contributed by atoms with E-state index in [2.05, 4.69) is 31.0 Å². The summed E-state index contributed by atoms with van der Waals surface area (Å²) >= 11 is 0. The summed E-state index contributed by atoms with van der Waals surface area (Å²) in [7, 11) is -3.48. The van der Waals surface area contributed by atoms with Crippen LogP contribution < -0.4 is 4.72 Å². The van der Waals surface area contributed by atoms with Crippen LogP contribution in [-0.2, 0) is 10.0 Å². The molecule has 1 saturated carbocycles. The largest absolute Gasteiger partial charge is 0.346 e. The minimum Gasteiger partial charge on any atom is -0.346 e. The second-order valence-corrected chi connectivity index (χ2v) is 7.96. The van der Waals surface area contributed by atoms with E-state index in [-0.39, 0.29) is 10.9 Å². The maximum absolute atomic E-state index is 12.3. The molecule has 0 radical (unpaired) electrons. The van der Waals surface area contributed by atoms with E-state index in [4.69, 9.17) is 0 Å². The molecule has 0 atom stereocenters. The van der Waals surface area contributed by atoms with Crippen molar-refractivity contribution in [3.63, 3.8) is 0 Å². The Hall–Kier alpha value is -2.19. The fourth-order valence-corrected chi connectivity index (χ4v) is 4.72. The van der Waals surface area contributed by atoms with Crippen LogP contribution in [0.4, 0.5) is 0 Å². The first kappa shape index (κ1) is 15.3. The summed E-state index contributed by atoms with van der Waals surface area (Å²) < 4.78 is 27.3. The first-order chi connectivity index (χ1) is 11.6. The van der Waals surface area contributed by atoms with Crippen LogP contribution in [0.2, 0.25) is 0 Å². The average molecular weight is 345 g/mol. The molecule has 8 heteroatoms. The van der Waals surface area contributed by atoms with Gasteiger partial charge in [0, 0.05) is 30.0 Å². The van der Waals surface area contributed by atoms with Gasteiger partial charge in [0.15, 0.2) is 0 Å². The van der Waals surface area contributed by atoms with E-state index in [1.54, 1.807) is 6.20 Å². The minimum atomic E-state index is -3.48. The van der Waals surface area contributed by atoms with Gasteiger partial charge in [-0.15, -0.1) is 0 Å². The minimum absolute atomic E-state index is 0.0236. The molecule has 126 valence electrons. The Bertz CT molecular complexity index is 924. The Morgan fingerprint density at radius 3 is 2.75 bits per heavy atom. The highest BCUT2D eigenvalue weighted by molar-refractivity contribution is 7.89. The van der Waals surface area contributed by atoms with Crippen LogP contribution in [0.1, 0.15) is 37.2 Å². The van der Waals surface area contributed by atoms with Crippen LogP contribution in [0.25, 0.3) is 11.0 Å². The van der Waals surface area contributed by atoms with Gasteiger partial charge in [0.1, 0.15) is 10.5 Å². The van der Waals surface area contributed by atoms with Crippen molar-refractivity contribution in [2.45, 2.75) is 42.5 Å². The number of hydrogen-bond donors (Lipinski definition) is 3. The second-order valence-electron chi connectivity index (χ2n) is 6.25. The zero-order valence-electron chi connectivity index (χ0n) is 13.1. The Morgan fingerprint density at radius 2 is 2.00 bits per heavy atom. The topological polar surface area (TPSA) is 104 Å². The maximum atomic E-state index is 12.3. The number of hydrogen-bond acceptors (Lipinski definition) is 4. The van der Waals surface area contributed by atoms with Crippen LogP contribution in [0, 0.1) is 0 Å². The molecule has 0 bridgehead atoms. The van der Waals surface area contributed by atoms with Crippen molar-refractivity contribution >= 4 is 21.1 Å². The smallest absolute Gasteiger partial charge is 0.243 e. The summed E-state index contributed by atoms with van der Waals surface area (Å²) in [5.41, 5.74) is 2.20. The summed E-state index contributed by atoms with van der Waals surface area (Å²) in [4.78, 5) is 7.74. The van der Waals surface area contributed by atoms with Gasteiger partial charge in [-0.1, -0.05) is 0 Å². The number of pyridine rings is 1. The number of aromatic nitrogens is 4. The number of aromatic amines is 2. The molecule has 1 aliphatic carbocycles. The van der Waals surface area contributed by atoms with Gasteiger partial charge in [-0.25, -0.2) is 18.1 Å². The molecule has 24 heavy (non-hydrogen) atoms. The van der Waals surface area contributed by atoms with Gasteiger partial charge in [-0.2, -0.15) is 5.10 Å². The molecule has 0 spiro atoms. The first-order valence-electron chi connectivity index (χ1n) is 8.06. The van der Waals surface area contributed by atoms with E-state index < -0.39 is 10.0 Å². The Balaban J connectivity index is 1.44. The van der Waals surface area contributed by atoms with Gasteiger partial charge in [0.25, 0.3) is 0 Å². The van der Waals surface area contributed by atoms with Crippen molar-refractivity contribution < 1.29 is 8.42 Å². The molecule has 0 aromatic carbocycles. The number of rotatable bonds is 4. The van der Waals surface area contributed by atoms with Crippen molar-refractivity contribution in [2.75, 3.05) is 0 Å². The third-order valence-electron chi connectivity index (χ3n) is 4.76. The average Bonchev–Trinajstić information content (AvgIpc) is 3.26. The third-order valence-corrected chi connectivity index (χ3v) is 6.24. The van der Waals surface area contributed by atoms with Crippen molar-refractivity contribution in [2.24, 2.45) is 0 Å². The lowest BCUT2D eigenvalue weighted by atomic mass is 9.82. The fraction of sp³-hybridized carbons (Fsp3) is 0.375. The number of nitrogens with zero attached hydrogens (tertiary/aromatic N) is 2. The van der Waals surface area contributed by atoms with Crippen LogP contribution in [0.15, 0.2) is 41.8 Å². The predicted octanol–water partition coefficient (Wildman–Crippen LogP) is 2.29. The van der Waals surface area contributed by atoms with Crippen LogP contribution in [0.3, 0.4) is 0 Å². The standard InChI is InChI=1S/C16H19N5O2S/c22-24(23,13-8-19-20-9-13)21-12-5-3-11(4-6-12)15-10-18-16-14(15)2-1-7-17-16/h1-2,7-12,21H,3-6H2,(H,17,18)(H,19,20). The van der Waals surface area contributed by atoms with Crippen LogP contribution >= 0.6 is 0 Å². The normalized spacial score (nSPS) is 22.0. The summed E-state index contributed by atoms with van der Waals surface area (Å²) in [6, 6.07) is 4.01. The number of fused-ring (bicyclic) bond motifs is 1. The quantitative estimate of drug-likeness (QED) is 0.675. The molecule has 1 fully saturated rings. The van der Waals surface area contributed by atoms with E-state index in [0.29, 0.717) is 5.92 Å². The van der Waals surface area contributed by atoms with Gasteiger partial charge >= 0.3 is 0 Å². The molecule has 0 saturated heterocycles. The predicted molar refractivity (Wildman–Crippen MR) is 90.0 cm³/mol. The van der Waals surface area contributed by atoms with Crippen LogP contribution in [-0.4, -0.2) is 34.6 Å². The molecule has 0 unspecified atom stereocenters. The summed E-state index contributed by atoms with van der Waals surface area (Å²) in [5, 5.41) is 7.41. The fourth-order valence-electron chi connectivity index (χ4n) is 3.51. The number of sulfonamides is 1. The van der Waals surface area contributed by atoms with E-state index in [1.807, 2.05) is 12.3 Å². The summed E-state index contributed by atoms with van der Waals surface area (Å²) in [6.45, 7) is 0. The molecular formula is C16H19N5O2S. The van der Waals surface area contributed by atoms with Crippen LogP contribution in [0.5, 0.6) is 0 Å². The van der Waals surface area contributed by atoms with Gasteiger partial charge in [0.05, 0.1) is 6.20 Å². The lowest BCUT2D eigenvalue weighted by molar-refractivity contribution is 0.375. The molecule has 3 aromatic heterocycles. The molecule has 3 heterocycles. The van der Waals surface area contributed by atoms with E-state index in [0.717, 1.165) is 31.3 Å². The summed E-state index contributed by atoms with van der Waals surface area (Å²) in [5.74, 6) is 0.442. The highest BCUT2D eigenvalue weighted by Gasteiger charge is 2.28. The molecule has 0 amide bonds. The van der Waals surface area contributed by atoms with Gasteiger partial charge < -0.3 is 4.98 Å². The van der Waals surface area contributed by atoms with Crippen molar-refractivity contribution in [3.8, 4) is 0 Å². The molecule has 0 aliphatic heterocycles. The Kier molecular flexibility index (Phi) is 3.85. The van der Waals surface area contributed by atoms with Crippen molar-refractivity contribution in [1.29, 1.82) is 0 Å². The lowest BCUT2D eigenvalue weighted by Crippen LogP contribution is -2.37. The monoisotopic (exact) mass is 345 g/mol. The van der Waals surface area contributed by atoms with Gasteiger partial charge in [0.2, 0.25) is 10.0 Å². The molecule has 3 N–H and O–H groups in total. The third kappa shape index (κ3) is 2.83. The zero-order chi connectivity index (χ0) is 16.6. The van der Waals surface area contributed by atoms with Crippen molar-refractivity contribution in [3.05, 3.63) is 42.5 Å². The van der Waals surface area contributed by atoms with Gasteiger partial charge in [-0.05, 0) is 49.3 Å². The van der Waals surface area contributed by atoms with E-state index >= 15 is 0 Å². The molecule has 7 nitrogen and oxygen atoms in total. The number of H-pyrrole nitrogens is 2. The highest BCUT2D eigenvalue weighted by Crippen LogP contribution is 2.36. The van der Waals surface area contributed by atoms with Crippen molar-refractivity contribution in [1.82, 2.24) is 24.9 Å². The second kappa shape index (κ2) is 6.03. The zero-order valence-corrected chi connectivity index (χ0v) is 13.9. The molecule has 1 aliphatic rings. The summed E-state index contributed by atoms with van der Waals surface area (Å²) in [6.07, 6.45) is 10.1. The Labute approximate surface area is 139 Å². The SMILES string of the molecule is O=S(=O)(NC1CCC(c2c[nH]c3ncccc23)CC1)c1cn[nH]c1.